The number of para-hydroxylation sites is 1. The first-order chi connectivity index (χ1) is 13.2. The zero-order valence-electron chi connectivity index (χ0n) is 14.9. The molecule has 1 saturated heterocycles. The lowest BCUT2D eigenvalue weighted by molar-refractivity contribution is 0.0599. The summed E-state index contributed by atoms with van der Waals surface area (Å²) in [5.41, 5.74) is 2.03. The summed E-state index contributed by atoms with van der Waals surface area (Å²) >= 11 is 1.68. The van der Waals surface area contributed by atoms with E-state index < -0.39 is 5.97 Å². The average Bonchev–Trinajstić information content (AvgIpc) is 3.17. The van der Waals surface area contributed by atoms with Crippen LogP contribution in [0.2, 0.25) is 0 Å². The van der Waals surface area contributed by atoms with E-state index in [-0.39, 0.29) is 5.91 Å². The van der Waals surface area contributed by atoms with Gasteiger partial charge in [-0.05, 0) is 36.4 Å². The molecule has 2 aromatic carbocycles. The molecule has 4 rings (SSSR count). The highest BCUT2D eigenvalue weighted by atomic mass is 32.1. The number of methoxy groups -OCH3 is 1. The maximum atomic E-state index is 12.7. The van der Waals surface area contributed by atoms with Crippen LogP contribution in [-0.2, 0) is 4.74 Å². The molecule has 1 fully saturated rings. The lowest BCUT2D eigenvalue weighted by Gasteiger charge is -2.34. The number of carbonyl (C=O) groups excluding carboxylic acids is 2. The molecule has 0 atom stereocenters. The Morgan fingerprint density at radius 1 is 0.963 bits per heavy atom. The van der Waals surface area contributed by atoms with E-state index in [1.54, 1.807) is 35.6 Å². The number of esters is 1. The number of carbonyl (C=O) groups is 2. The average molecular weight is 381 g/mol. The summed E-state index contributed by atoms with van der Waals surface area (Å²) in [6, 6.07) is 14.7. The van der Waals surface area contributed by atoms with Gasteiger partial charge in [0.15, 0.2) is 5.13 Å². The van der Waals surface area contributed by atoms with E-state index in [1.165, 1.54) is 11.8 Å². The Balaban J connectivity index is 1.41. The number of ether oxygens (including phenoxy) is 1. The highest BCUT2D eigenvalue weighted by molar-refractivity contribution is 7.22. The molecule has 0 radical (unpaired) electrons. The largest absolute Gasteiger partial charge is 0.465 e. The molecule has 27 heavy (non-hydrogen) atoms. The molecule has 2 heterocycles. The Morgan fingerprint density at radius 2 is 1.63 bits per heavy atom. The molecule has 0 aliphatic carbocycles. The second kappa shape index (κ2) is 7.36. The van der Waals surface area contributed by atoms with E-state index in [0.29, 0.717) is 24.2 Å². The number of benzene rings is 2. The minimum absolute atomic E-state index is 0.0182. The summed E-state index contributed by atoms with van der Waals surface area (Å²) in [5.74, 6) is -0.422. The number of aromatic nitrogens is 1. The molecule has 1 aromatic heterocycles. The van der Waals surface area contributed by atoms with Crippen LogP contribution in [0.15, 0.2) is 48.5 Å². The number of anilines is 1. The van der Waals surface area contributed by atoms with Crippen molar-refractivity contribution >= 4 is 38.6 Å². The fourth-order valence-electron chi connectivity index (χ4n) is 3.15. The van der Waals surface area contributed by atoms with E-state index in [9.17, 15) is 9.59 Å². The summed E-state index contributed by atoms with van der Waals surface area (Å²) in [6.07, 6.45) is 0. The number of thiazole rings is 1. The van der Waals surface area contributed by atoms with Gasteiger partial charge >= 0.3 is 5.97 Å². The molecule has 6 nitrogen and oxygen atoms in total. The zero-order valence-corrected chi connectivity index (χ0v) is 15.7. The third-order valence-corrected chi connectivity index (χ3v) is 5.77. The third kappa shape index (κ3) is 3.50. The van der Waals surface area contributed by atoms with Gasteiger partial charge in [-0.3, -0.25) is 4.79 Å². The first-order valence-electron chi connectivity index (χ1n) is 8.74. The third-order valence-electron chi connectivity index (χ3n) is 4.67. The Kier molecular flexibility index (Phi) is 4.77. The first-order valence-corrected chi connectivity index (χ1v) is 9.55. The van der Waals surface area contributed by atoms with Crippen LogP contribution in [0.1, 0.15) is 20.7 Å². The molecule has 3 aromatic rings. The SMILES string of the molecule is COC(=O)c1ccc(C(=O)N2CCN(c3nc4ccccc4s3)CC2)cc1. The van der Waals surface area contributed by atoms with Crippen molar-refractivity contribution in [3.05, 3.63) is 59.7 Å². The molecule has 138 valence electrons. The van der Waals surface area contributed by atoms with Gasteiger partial charge in [0.2, 0.25) is 0 Å². The molecule has 7 heteroatoms. The van der Waals surface area contributed by atoms with Crippen LogP contribution in [0.25, 0.3) is 10.2 Å². The van der Waals surface area contributed by atoms with Crippen molar-refractivity contribution in [3.63, 3.8) is 0 Å². The molecule has 1 aliphatic heterocycles. The molecule has 0 N–H and O–H groups in total. The number of amides is 1. The lowest BCUT2D eigenvalue weighted by atomic mass is 10.1. The molecular formula is C20H19N3O3S. The van der Waals surface area contributed by atoms with E-state index in [0.717, 1.165) is 23.7 Å². The van der Waals surface area contributed by atoms with Gasteiger partial charge in [0.1, 0.15) is 0 Å². The summed E-state index contributed by atoms with van der Waals surface area (Å²) in [7, 11) is 1.34. The Morgan fingerprint density at radius 3 is 2.30 bits per heavy atom. The van der Waals surface area contributed by atoms with Crippen molar-refractivity contribution in [2.24, 2.45) is 0 Å². The van der Waals surface area contributed by atoms with Crippen LogP contribution in [0, 0.1) is 0 Å². The van der Waals surface area contributed by atoms with Crippen molar-refractivity contribution in [2.45, 2.75) is 0 Å². The van der Waals surface area contributed by atoms with Gasteiger partial charge in [-0.15, -0.1) is 0 Å². The monoisotopic (exact) mass is 381 g/mol. The van der Waals surface area contributed by atoms with Crippen molar-refractivity contribution < 1.29 is 14.3 Å². The molecular weight excluding hydrogens is 362 g/mol. The van der Waals surface area contributed by atoms with E-state index in [1.807, 2.05) is 23.1 Å². The Bertz CT molecular complexity index is 943. The minimum Gasteiger partial charge on any atom is -0.465 e. The van der Waals surface area contributed by atoms with E-state index in [2.05, 4.69) is 15.7 Å². The van der Waals surface area contributed by atoms with Crippen molar-refractivity contribution in [3.8, 4) is 0 Å². The lowest BCUT2D eigenvalue weighted by Crippen LogP contribution is -2.48. The fraction of sp³-hybridized carbons (Fsp3) is 0.250. The predicted molar refractivity (Wildman–Crippen MR) is 106 cm³/mol. The maximum absolute atomic E-state index is 12.7. The van der Waals surface area contributed by atoms with Crippen LogP contribution in [0.4, 0.5) is 5.13 Å². The molecule has 0 saturated carbocycles. The summed E-state index contributed by atoms with van der Waals surface area (Å²) < 4.78 is 5.86. The van der Waals surface area contributed by atoms with Crippen molar-refractivity contribution in [1.82, 2.24) is 9.88 Å². The molecule has 0 spiro atoms. The number of piperazine rings is 1. The second-order valence-electron chi connectivity index (χ2n) is 6.31. The topological polar surface area (TPSA) is 62.7 Å². The summed E-state index contributed by atoms with van der Waals surface area (Å²) in [6.45, 7) is 2.80. The maximum Gasteiger partial charge on any atom is 0.337 e. The normalized spacial score (nSPS) is 14.4. The Labute approximate surface area is 161 Å². The van der Waals surface area contributed by atoms with Crippen LogP contribution < -0.4 is 4.90 Å². The summed E-state index contributed by atoms with van der Waals surface area (Å²) in [5, 5.41) is 1.01. The Hall–Kier alpha value is -2.93. The van der Waals surface area contributed by atoms with Gasteiger partial charge in [-0.2, -0.15) is 0 Å². The highest BCUT2D eigenvalue weighted by Crippen LogP contribution is 2.29. The second-order valence-corrected chi connectivity index (χ2v) is 7.32. The van der Waals surface area contributed by atoms with Crippen molar-refractivity contribution in [2.75, 3.05) is 38.2 Å². The minimum atomic E-state index is -0.404. The van der Waals surface area contributed by atoms with Crippen molar-refractivity contribution in [1.29, 1.82) is 0 Å². The van der Waals surface area contributed by atoms with Gasteiger partial charge < -0.3 is 14.5 Å². The predicted octanol–water partition coefficient (Wildman–Crippen LogP) is 3.05. The smallest absolute Gasteiger partial charge is 0.337 e. The van der Waals surface area contributed by atoms with Crippen LogP contribution in [0.5, 0.6) is 0 Å². The number of nitrogens with zero attached hydrogens (tertiary/aromatic N) is 3. The molecule has 1 aliphatic rings. The fourth-order valence-corrected chi connectivity index (χ4v) is 4.16. The van der Waals surface area contributed by atoms with Gasteiger partial charge in [0.05, 0.1) is 22.9 Å². The van der Waals surface area contributed by atoms with Crippen LogP contribution in [0.3, 0.4) is 0 Å². The van der Waals surface area contributed by atoms with E-state index in [4.69, 9.17) is 4.98 Å². The van der Waals surface area contributed by atoms with Gasteiger partial charge in [0, 0.05) is 31.7 Å². The standard InChI is InChI=1S/C20H19N3O3S/c1-26-19(25)15-8-6-14(7-9-15)18(24)22-10-12-23(13-11-22)20-21-16-4-2-3-5-17(16)27-20/h2-9H,10-13H2,1H3. The van der Waals surface area contributed by atoms with E-state index >= 15 is 0 Å². The zero-order chi connectivity index (χ0) is 18.8. The first kappa shape index (κ1) is 17.5. The molecule has 1 amide bonds. The van der Waals surface area contributed by atoms with Gasteiger partial charge in [0.25, 0.3) is 5.91 Å². The van der Waals surface area contributed by atoms with Crippen LogP contribution >= 0.6 is 11.3 Å². The number of rotatable bonds is 3. The quantitative estimate of drug-likeness (QED) is 0.653. The van der Waals surface area contributed by atoms with Crippen LogP contribution in [-0.4, -0.2) is 55.0 Å². The molecule has 0 bridgehead atoms. The molecule has 0 unspecified atom stereocenters. The summed E-state index contributed by atoms with van der Waals surface area (Å²) in [4.78, 5) is 33.0. The number of fused-ring (bicyclic) bond motifs is 1. The number of hydrogen-bond acceptors (Lipinski definition) is 6. The van der Waals surface area contributed by atoms with Gasteiger partial charge in [-0.1, -0.05) is 23.5 Å². The number of hydrogen-bond donors (Lipinski definition) is 0. The highest BCUT2D eigenvalue weighted by Gasteiger charge is 2.24. The van der Waals surface area contributed by atoms with Gasteiger partial charge in [-0.25, -0.2) is 9.78 Å².